The van der Waals surface area contributed by atoms with Crippen molar-refractivity contribution in [2.45, 2.75) is 39.3 Å². The van der Waals surface area contributed by atoms with E-state index in [1.165, 1.54) is 22.3 Å². The molecule has 1 atom stereocenters. The SMILES string of the molecule is CCN1CC=C(c2ccc3c(c2)C(Nc2cccc(OC)c2)CCn2nnc(C)c2-3)CC1. The molecule has 166 valence electrons. The predicted octanol–water partition coefficient (Wildman–Crippen LogP) is 4.93. The van der Waals surface area contributed by atoms with Gasteiger partial charge in [-0.15, -0.1) is 5.10 Å². The minimum Gasteiger partial charge on any atom is -0.497 e. The Kier molecular flexibility index (Phi) is 5.70. The zero-order chi connectivity index (χ0) is 22.1. The highest BCUT2D eigenvalue weighted by Crippen LogP contribution is 2.39. The van der Waals surface area contributed by atoms with Gasteiger partial charge in [0.2, 0.25) is 0 Å². The number of nitrogens with zero attached hydrogens (tertiary/aromatic N) is 4. The Balaban J connectivity index is 1.55. The van der Waals surface area contributed by atoms with E-state index in [4.69, 9.17) is 4.74 Å². The van der Waals surface area contributed by atoms with Crippen LogP contribution in [-0.4, -0.2) is 46.6 Å². The zero-order valence-corrected chi connectivity index (χ0v) is 19.1. The summed E-state index contributed by atoms with van der Waals surface area (Å²) in [7, 11) is 1.71. The third-order valence-corrected chi connectivity index (χ3v) is 6.74. The second-order valence-corrected chi connectivity index (χ2v) is 8.64. The fourth-order valence-electron chi connectivity index (χ4n) is 4.89. The molecule has 0 fully saturated rings. The molecule has 1 N–H and O–H groups in total. The molecule has 0 spiro atoms. The van der Waals surface area contributed by atoms with Crippen LogP contribution in [-0.2, 0) is 6.54 Å². The summed E-state index contributed by atoms with van der Waals surface area (Å²) in [4.78, 5) is 2.48. The Morgan fingerprint density at radius 1 is 1.16 bits per heavy atom. The van der Waals surface area contributed by atoms with E-state index in [1.54, 1.807) is 7.11 Å². The van der Waals surface area contributed by atoms with Gasteiger partial charge >= 0.3 is 0 Å². The van der Waals surface area contributed by atoms with E-state index < -0.39 is 0 Å². The van der Waals surface area contributed by atoms with Crippen molar-refractivity contribution >= 4 is 11.3 Å². The highest BCUT2D eigenvalue weighted by molar-refractivity contribution is 5.75. The third-order valence-electron chi connectivity index (χ3n) is 6.74. The third kappa shape index (κ3) is 3.91. The number of aryl methyl sites for hydroxylation is 2. The van der Waals surface area contributed by atoms with E-state index in [9.17, 15) is 0 Å². The number of aromatic nitrogens is 3. The molecule has 0 bridgehead atoms. The monoisotopic (exact) mass is 429 g/mol. The van der Waals surface area contributed by atoms with Gasteiger partial charge in [0.05, 0.1) is 24.5 Å². The average molecular weight is 430 g/mol. The van der Waals surface area contributed by atoms with Gasteiger partial charge in [0.15, 0.2) is 0 Å². The number of hydrogen-bond acceptors (Lipinski definition) is 5. The Labute approximate surface area is 189 Å². The fraction of sp³-hybridized carbons (Fsp3) is 0.385. The van der Waals surface area contributed by atoms with Crippen molar-refractivity contribution < 1.29 is 4.74 Å². The summed E-state index contributed by atoms with van der Waals surface area (Å²) >= 11 is 0. The van der Waals surface area contributed by atoms with Crippen LogP contribution in [0.4, 0.5) is 5.69 Å². The van der Waals surface area contributed by atoms with Crippen molar-refractivity contribution in [2.24, 2.45) is 0 Å². The topological polar surface area (TPSA) is 55.2 Å². The number of ether oxygens (including phenoxy) is 1. The molecule has 0 saturated heterocycles. The summed E-state index contributed by atoms with van der Waals surface area (Å²) in [6, 6.07) is 15.3. The van der Waals surface area contributed by atoms with Crippen LogP contribution in [0.15, 0.2) is 48.5 Å². The lowest BCUT2D eigenvalue weighted by molar-refractivity contribution is 0.319. The summed E-state index contributed by atoms with van der Waals surface area (Å²) in [5.74, 6) is 0.860. The minimum atomic E-state index is 0.175. The first-order valence-corrected chi connectivity index (χ1v) is 11.5. The van der Waals surface area contributed by atoms with Gasteiger partial charge in [-0.3, -0.25) is 4.90 Å². The maximum atomic E-state index is 5.43. The highest BCUT2D eigenvalue weighted by atomic mass is 16.5. The Morgan fingerprint density at radius 3 is 2.84 bits per heavy atom. The van der Waals surface area contributed by atoms with E-state index in [-0.39, 0.29) is 6.04 Å². The van der Waals surface area contributed by atoms with Gasteiger partial charge in [-0.1, -0.05) is 36.4 Å². The molecular weight excluding hydrogens is 398 g/mol. The quantitative estimate of drug-likeness (QED) is 0.623. The molecule has 6 nitrogen and oxygen atoms in total. The summed E-state index contributed by atoms with van der Waals surface area (Å²) < 4.78 is 7.49. The number of anilines is 1. The Morgan fingerprint density at radius 2 is 2.06 bits per heavy atom. The maximum Gasteiger partial charge on any atom is 0.120 e. The second kappa shape index (κ2) is 8.79. The Hall–Kier alpha value is -3.12. The average Bonchev–Trinajstić information content (AvgIpc) is 3.13. The summed E-state index contributed by atoms with van der Waals surface area (Å²) in [5, 5.41) is 12.5. The molecule has 1 unspecified atom stereocenters. The molecule has 0 aliphatic carbocycles. The molecule has 32 heavy (non-hydrogen) atoms. The van der Waals surface area contributed by atoms with E-state index >= 15 is 0 Å². The van der Waals surface area contributed by atoms with Gasteiger partial charge < -0.3 is 10.1 Å². The van der Waals surface area contributed by atoms with Crippen molar-refractivity contribution in [3.8, 4) is 17.0 Å². The first-order valence-electron chi connectivity index (χ1n) is 11.5. The molecule has 0 saturated carbocycles. The van der Waals surface area contributed by atoms with Crippen LogP contribution in [0.25, 0.3) is 16.8 Å². The number of fused-ring (bicyclic) bond motifs is 3. The molecule has 3 heterocycles. The first kappa shape index (κ1) is 20.8. The van der Waals surface area contributed by atoms with E-state index in [0.29, 0.717) is 0 Å². The summed E-state index contributed by atoms with van der Waals surface area (Å²) in [5.41, 5.74) is 8.50. The smallest absolute Gasteiger partial charge is 0.120 e. The molecule has 0 amide bonds. The Bertz CT molecular complexity index is 1150. The van der Waals surface area contributed by atoms with Crippen LogP contribution in [0, 0.1) is 6.92 Å². The van der Waals surface area contributed by atoms with Crippen LogP contribution in [0.3, 0.4) is 0 Å². The molecule has 2 aromatic carbocycles. The van der Waals surface area contributed by atoms with Crippen LogP contribution in [0.1, 0.15) is 42.6 Å². The predicted molar refractivity (Wildman–Crippen MR) is 129 cm³/mol. The number of hydrogen-bond donors (Lipinski definition) is 1. The molecule has 0 radical (unpaired) electrons. The highest BCUT2D eigenvalue weighted by Gasteiger charge is 2.26. The van der Waals surface area contributed by atoms with Gasteiger partial charge in [0, 0.05) is 37.0 Å². The summed E-state index contributed by atoms with van der Waals surface area (Å²) in [6.45, 7) is 8.38. The van der Waals surface area contributed by atoms with Gasteiger partial charge in [-0.2, -0.15) is 0 Å². The van der Waals surface area contributed by atoms with E-state index in [1.807, 2.05) is 12.1 Å². The lowest BCUT2D eigenvalue weighted by Gasteiger charge is -2.26. The van der Waals surface area contributed by atoms with E-state index in [2.05, 4.69) is 75.5 Å². The van der Waals surface area contributed by atoms with Crippen LogP contribution in [0.2, 0.25) is 0 Å². The van der Waals surface area contributed by atoms with Gasteiger partial charge in [-0.05, 0) is 61.2 Å². The van der Waals surface area contributed by atoms with Crippen molar-refractivity contribution in [1.29, 1.82) is 0 Å². The number of nitrogens with one attached hydrogen (secondary N) is 1. The van der Waals surface area contributed by atoms with Crippen LogP contribution < -0.4 is 10.1 Å². The molecular formula is C26H31N5O. The summed E-state index contributed by atoms with van der Waals surface area (Å²) in [6.07, 6.45) is 4.43. The normalized spacial score (nSPS) is 18.3. The van der Waals surface area contributed by atoms with Gasteiger partial charge in [0.25, 0.3) is 0 Å². The second-order valence-electron chi connectivity index (χ2n) is 8.64. The standard InChI is InChI=1S/C26H31N5O/c1-4-30-13-10-19(11-14-30)20-8-9-23-24(16-20)25(12-15-31-26(23)18(2)28-29-31)27-21-6-5-7-22(17-21)32-3/h5-10,16-17,25,27H,4,11-15H2,1-3H3. The first-order chi connectivity index (χ1) is 15.7. The molecule has 2 aliphatic heterocycles. The largest absolute Gasteiger partial charge is 0.497 e. The van der Waals surface area contributed by atoms with Crippen molar-refractivity contribution in [3.63, 3.8) is 0 Å². The lowest BCUT2D eigenvalue weighted by atomic mass is 9.90. The number of benzene rings is 2. The lowest BCUT2D eigenvalue weighted by Crippen LogP contribution is -2.28. The zero-order valence-electron chi connectivity index (χ0n) is 19.1. The van der Waals surface area contributed by atoms with Gasteiger partial charge in [0.1, 0.15) is 5.75 Å². The molecule has 5 rings (SSSR count). The van der Waals surface area contributed by atoms with Crippen molar-refractivity contribution in [3.05, 3.63) is 65.4 Å². The minimum absolute atomic E-state index is 0.175. The van der Waals surface area contributed by atoms with Crippen LogP contribution in [0.5, 0.6) is 5.75 Å². The maximum absolute atomic E-state index is 5.43. The number of rotatable bonds is 5. The molecule has 6 heteroatoms. The number of methoxy groups -OCH3 is 1. The van der Waals surface area contributed by atoms with E-state index in [0.717, 1.165) is 61.8 Å². The molecule has 1 aromatic heterocycles. The number of likely N-dealkylation sites (N-methyl/N-ethyl adjacent to an activating group) is 1. The van der Waals surface area contributed by atoms with Crippen molar-refractivity contribution in [2.75, 3.05) is 32.1 Å². The van der Waals surface area contributed by atoms with Crippen LogP contribution >= 0.6 is 0 Å². The van der Waals surface area contributed by atoms with Gasteiger partial charge in [-0.25, -0.2) is 4.68 Å². The molecule has 3 aromatic rings. The fourth-order valence-corrected chi connectivity index (χ4v) is 4.89. The molecule has 2 aliphatic rings. The van der Waals surface area contributed by atoms with Crippen molar-refractivity contribution in [1.82, 2.24) is 19.9 Å².